The number of halogens is 1. The van der Waals surface area contributed by atoms with Crippen molar-refractivity contribution in [3.05, 3.63) is 44.9 Å². The molecule has 0 saturated carbocycles. The molecule has 0 aliphatic rings. The maximum atomic E-state index is 12.0. The molecule has 21 heavy (non-hydrogen) atoms. The predicted octanol–water partition coefficient (Wildman–Crippen LogP) is 3.67. The van der Waals surface area contributed by atoms with Crippen LogP contribution in [-0.4, -0.2) is 29.9 Å². The van der Waals surface area contributed by atoms with Crippen molar-refractivity contribution < 1.29 is 4.79 Å². The summed E-state index contributed by atoms with van der Waals surface area (Å²) in [6, 6.07) is 5.40. The average molecular weight is 324 g/mol. The molecule has 2 aromatic rings. The van der Waals surface area contributed by atoms with Gasteiger partial charge in [-0.3, -0.25) is 4.79 Å². The zero-order valence-corrected chi connectivity index (χ0v) is 13.9. The predicted molar refractivity (Wildman–Crippen MR) is 88.3 cm³/mol. The largest absolute Gasteiger partial charge is 0.380 e. The lowest BCUT2D eigenvalue weighted by Crippen LogP contribution is -2.22. The number of nitrogens with one attached hydrogen (secondary N) is 1. The van der Waals surface area contributed by atoms with Crippen LogP contribution in [0.4, 0.5) is 5.69 Å². The number of rotatable bonds is 5. The van der Waals surface area contributed by atoms with Gasteiger partial charge in [0.1, 0.15) is 0 Å². The number of hydrogen-bond donors (Lipinski definition) is 1. The molecule has 0 atom stereocenters. The van der Waals surface area contributed by atoms with Crippen LogP contribution in [0.1, 0.15) is 27.2 Å². The highest BCUT2D eigenvalue weighted by Gasteiger charge is 2.13. The highest BCUT2D eigenvalue weighted by molar-refractivity contribution is 7.11. The van der Waals surface area contributed by atoms with Crippen LogP contribution in [-0.2, 0) is 13.0 Å². The van der Waals surface area contributed by atoms with E-state index in [9.17, 15) is 4.79 Å². The molecule has 0 aliphatic carbocycles. The van der Waals surface area contributed by atoms with Crippen LogP contribution < -0.4 is 5.32 Å². The Labute approximate surface area is 133 Å². The Morgan fingerprint density at radius 2 is 2.19 bits per heavy atom. The summed E-state index contributed by atoms with van der Waals surface area (Å²) in [5, 5.41) is 4.89. The minimum Gasteiger partial charge on any atom is -0.380 e. The molecule has 112 valence electrons. The molecule has 2 rings (SSSR count). The fourth-order valence-corrected chi connectivity index (χ4v) is 2.82. The van der Waals surface area contributed by atoms with Crippen LogP contribution in [0.2, 0.25) is 5.02 Å². The number of benzene rings is 1. The Morgan fingerprint density at radius 3 is 2.81 bits per heavy atom. The number of nitrogens with zero attached hydrogens (tertiary/aromatic N) is 2. The normalized spacial score (nSPS) is 10.5. The zero-order valence-electron chi connectivity index (χ0n) is 12.3. The molecule has 6 heteroatoms. The summed E-state index contributed by atoms with van der Waals surface area (Å²) in [4.78, 5) is 19.1. The molecule has 0 radical (unpaired) electrons. The molecule has 1 aromatic heterocycles. The molecule has 1 aromatic carbocycles. The van der Waals surface area contributed by atoms with Gasteiger partial charge in [-0.2, -0.15) is 0 Å². The van der Waals surface area contributed by atoms with Crippen LogP contribution in [0.3, 0.4) is 0 Å². The molecule has 1 N–H and O–H groups in total. The van der Waals surface area contributed by atoms with Gasteiger partial charge in [0.2, 0.25) is 0 Å². The van der Waals surface area contributed by atoms with E-state index in [-0.39, 0.29) is 5.91 Å². The summed E-state index contributed by atoms with van der Waals surface area (Å²) in [6.45, 7) is 2.78. The van der Waals surface area contributed by atoms with Gasteiger partial charge in [0.05, 0.1) is 22.1 Å². The van der Waals surface area contributed by atoms with Crippen molar-refractivity contribution in [2.75, 3.05) is 19.4 Å². The third kappa shape index (κ3) is 3.95. The summed E-state index contributed by atoms with van der Waals surface area (Å²) in [6.07, 6.45) is 2.84. The molecule has 1 heterocycles. The van der Waals surface area contributed by atoms with Gasteiger partial charge in [-0.05, 0) is 24.6 Å². The molecule has 1 amide bonds. The van der Waals surface area contributed by atoms with Crippen molar-refractivity contribution >= 4 is 34.5 Å². The second kappa shape index (κ2) is 6.91. The summed E-state index contributed by atoms with van der Waals surface area (Å²) in [5.41, 5.74) is 1.38. The Morgan fingerprint density at radius 1 is 1.43 bits per heavy atom. The summed E-state index contributed by atoms with van der Waals surface area (Å²) in [5.74, 6) is -0.102. The van der Waals surface area contributed by atoms with E-state index in [1.807, 2.05) is 12.3 Å². The van der Waals surface area contributed by atoms with Crippen molar-refractivity contribution in [2.45, 2.75) is 19.9 Å². The lowest BCUT2D eigenvalue weighted by Gasteiger charge is -2.13. The second-order valence-electron chi connectivity index (χ2n) is 4.82. The third-order valence-electron chi connectivity index (χ3n) is 2.97. The molecular formula is C15H18ClN3OS. The standard InChI is InChI=1S/C15H18ClN3OS/c1-4-14-18-9-11(21-14)8-17-10-5-6-13(16)12(7-10)15(20)19(2)3/h5-7,9,17H,4,8H2,1-3H3. The first kappa shape index (κ1) is 15.8. The number of anilines is 1. The lowest BCUT2D eigenvalue weighted by molar-refractivity contribution is 0.0828. The minimum atomic E-state index is -0.102. The van der Waals surface area contributed by atoms with E-state index in [2.05, 4.69) is 17.2 Å². The topological polar surface area (TPSA) is 45.2 Å². The maximum absolute atomic E-state index is 12.0. The number of aryl methyl sites for hydroxylation is 1. The highest BCUT2D eigenvalue weighted by atomic mass is 35.5. The van der Waals surface area contributed by atoms with E-state index in [4.69, 9.17) is 11.6 Å². The lowest BCUT2D eigenvalue weighted by atomic mass is 10.1. The van der Waals surface area contributed by atoms with Crippen molar-refractivity contribution in [3.8, 4) is 0 Å². The van der Waals surface area contributed by atoms with Gasteiger partial charge in [0, 0.05) is 30.9 Å². The summed E-state index contributed by atoms with van der Waals surface area (Å²) >= 11 is 7.79. The van der Waals surface area contributed by atoms with Crippen LogP contribution in [0.25, 0.3) is 0 Å². The van der Waals surface area contributed by atoms with Crippen LogP contribution in [0.15, 0.2) is 24.4 Å². The summed E-state index contributed by atoms with van der Waals surface area (Å²) in [7, 11) is 3.42. The Balaban J connectivity index is 2.10. The number of hydrogen-bond acceptors (Lipinski definition) is 4. The van der Waals surface area contributed by atoms with Crippen molar-refractivity contribution in [3.63, 3.8) is 0 Å². The van der Waals surface area contributed by atoms with Gasteiger partial charge in [0.15, 0.2) is 0 Å². The van der Waals surface area contributed by atoms with Gasteiger partial charge >= 0.3 is 0 Å². The maximum Gasteiger partial charge on any atom is 0.254 e. The highest BCUT2D eigenvalue weighted by Crippen LogP contribution is 2.23. The number of thiazole rings is 1. The van der Waals surface area contributed by atoms with Crippen molar-refractivity contribution in [2.24, 2.45) is 0 Å². The van der Waals surface area contributed by atoms with E-state index in [0.717, 1.165) is 17.1 Å². The van der Waals surface area contributed by atoms with E-state index in [0.29, 0.717) is 17.1 Å². The molecule has 0 aliphatic heterocycles. The molecule has 0 unspecified atom stereocenters. The smallest absolute Gasteiger partial charge is 0.254 e. The number of amides is 1. The summed E-state index contributed by atoms with van der Waals surface area (Å²) < 4.78 is 0. The number of carbonyl (C=O) groups is 1. The van der Waals surface area contributed by atoms with Crippen molar-refractivity contribution in [1.82, 2.24) is 9.88 Å². The Bertz CT molecular complexity index is 640. The fourth-order valence-electron chi connectivity index (χ4n) is 1.82. The quantitative estimate of drug-likeness (QED) is 0.913. The molecule has 0 spiro atoms. The molecule has 0 fully saturated rings. The third-order valence-corrected chi connectivity index (χ3v) is 4.44. The minimum absolute atomic E-state index is 0.102. The monoisotopic (exact) mass is 323 g/mol. The molecular weight excluding hydrogens is 306 g/mol. The van der Waals surface area contributed by atoms with E-state index in [1.54, 1.807) is 37.6 Å². The Kier molecular flexibility index (Phi) is 5.20. The first-order valence-electron chi connectivity index (χ1n) is 6.70. The second-order valence-corrected chi connectivity index (χ2v) is 6.43. The number of aromatic nitrogens is 1. The van der Waals surface area contributed by atoms with E-state index < -0.39 is 0 Å². The van der Waals surface area contributed by atoms with E-state index in [1.165, 1.54) is 9.78 Å². The SMILES string of the molecule is CCc1ncc(CNc2ccc(Cl)c(C(=O)N(C)C)c2)s1. The van der Waals surface area contributed by atoms with E-state index >= 15 is 0 Å². The zero-order chi connectivity index (χ0) is 15.4. The van der Waals surface area contributed by atoms with Gasteiger partial charge in [-0.25, -0.2) is 4.98 Å². The first-order chi connectivity index (χ1) is 10.0. The van der Waals surface area contributed by atoms with Crippen LogP contribution >= 0.6 is 22.9 Å². The van der Waals surface area contributed by atoms with Gasteiger partial charge in [-0.1, -0.05) is 18.5 Å². The molecule has 4 nitrogen and oxygen atoms in total. The first-order valence-corrected chi connectivity index (χ1v) is 7.89. The average Bonchev–Trinajstić information content (AvgIpc) is 2.93. The van der Waals surface area contributed by atoms with Gasteiger partial charge < -0.3 is 10.2 Å². The van der Waals surface area contributed by atoms with Crippen molar-refractivity contribution in [1.29, 1.82) is 0 Å². The van der Waals surface area contributed by atoms with Gasteiger partial charge in [-0.15, -0.1) is 11.3 Å². The van der Waals surface area contributed by atoms with Gasteiger partial charge in [0.25, 0.3) is 5.91 Å². The number of carbonyl (C=O) groups excluding carboxylic acids is 1. The fraction of sp³-hybridized carbons (Fsp3) is 0.333. The Hall–Kier alpha value is -1.59. The molecule has 0 bridgehead atoms. The molecule has 0 saturated heterocycles. The van der Waals surface area contributed by atoms with Crippen LogP contribution in [0, 0.1) is 0 Å². The van der Waals surface area contributed by atoms with Crippen LogP contribution in [0.5, 0.6) is 0 Å².